The molecule has 0 unspecified atom stereocenters. The van der Waals surface area contributed by atoms with E-state index in [2.05, 4.69) is 45.5 Å². The van der Waals surface area contributed by atoms with Crippen LogP contribution in [0.3, 0.4) is 0 Å². The lowest BCUT2D eigenvalue weighted by Gasteiger charge is -2.17. The molecule has 0 radical (unpaired) electrons. The van der Waals surface area contributed by atoms with Gasteiger partial charge in [-0.15, -0.1) is 0 Å². The number of fused-ring (bicyclic) bond motifs is 1. The van der Waals surface area contributed by atoms with Gasteiger partial charge in [-0.05, 0) is 51.2 Å². The van der Waals surface area contributed by atoms with Crippen LogP contribution in [0.4, 0.5) is 11.8 Å². The van der Waals surface area contributed by atoms with Crippen molar-refractivity contribution in [2.24, 2.45) is 0 Å². The van der Waals surface area contributed by atoms with Crippen LogP contribution in [-0.4, -0.2) is 44.1 Å². The Morgan fingerprint density at radius 3 is 2.74 bits per heavy atom. The Hall–Kier alpha value is -2.87. The first kappa shape index (κ1) is 22.8. The maximum absolute atomic E-state index is 9.92. The van der Waals surface area contributed by atoms with E-state index >= 15 is 0 Å². The van der Waals surface area contributed by atoms with Crippen LogP contribution in [0.1, 0.15) is 57.6 Å². The van der Waals surface area contributed by atoms with Crippen LogP contribution in [0.25, 0.3) is 11.0 Å². The van der Waals surface area contributed by atoms with Crippen molar-refractivity contribution in [3.63, 3.8) is 0 Å². The molecule has 3 rings (SSSR count). The number of ether oxygens (including phenoxy) is 1. The van der Waals surface area contributed by atoms with Crippen molar-refractivity contribution >= 4 is 22.8 Å². The minimum absolute atomic E-state index is 0.235. The quantitative estimate of drug-likeness (QED) is 0.400. The van der Waals surface area contributed by atoms with Crippen molar-refractivity contribution in [1.82, 2.24) is 19.7 Å². The second kappa shape index (κ2) is 9.96. The third-order valence-corrected chi connectivity index (χ3v) is 5.25. The highest BCUT2D eigenvalue weighted by molar-refractivity contribution is 5.86. The lowest BCUT2D eigenvalue weighted by atomic mass is 9.98. The van der Waals surface area contributed by atoms with E-state index in [9.17, 15) is 5.11 Å². The van der Waals surface area contributed by atoms with E-state index in [4.69, 9.17) is 10.5 Å². The van der Waals surface area contributed by atoms with Crippen molar-refractivity contribution in [2.45, 2.75) is 65.0 Å². The van der Waals surface area contributed by atoms with Crippen LogP contribution in [0.5, 0.6) is 5.75 Å². The van der Waals surface area contributed by atoms with Gasteiger partial charge in [0.05, 0.1) is 25.5 Å². The Labute approximate surface area is 183 Å². The molecule has 0 saturated carbocycles. The minimum Gasteiger partial charge on any atom is -0.496 e. The Bertz CT molecular complexity index is 1010. The van der Waals surface area contributed by atoms with Crippen LogP contribution in [0.15, 0.2) is 24.4 Å². The molecule has 2 heterocycles. The summed E-state index contributed by atoms with van der Waals surface area (Å²) in [6.07, 6.45) is 6.42. The summed E-state index contributed by atoms with van der Waals surface area (Å²) in [5, 5.41) is 17.8. The molecule has 0 saturated heterocycles. The second-order valence-electron chi connectivity index (χ2n) is 8.56. The zero-order chi connectivity index (χ0) is 22.4. The predicted octanol–water partition coefficient (Wildman–Crippen LogP) is 3.77. The monoisotopic (exact) mass is 426 g/mol. The fourth-order valence-electron chi connectivity index (χ4n) is 3.61. The lowest BCUT2D eigenvalue weighted by Crippen LogP contribution is -2.18. The molecule has 2 aromatic heterocycles. The van der Waals surface area contributed by atoms with Gasteiger partial charge in [0.25, 0.3) is 0 Å². The smallest absolute Gasteiger partial charge is 0.222 e. The second-order valence-corrected chi connectivity index (χ2v) is 8.56. The normalized spacial score (nSPS) is 11.8. The number of rotatable bonds is 11. The molecule has 3 aromatic rings. The van der Waals surface area contributed by atoms with E-state index in [-0.39, 0.29) is 5.95 Å². The number of unbranched alkanes of at least 4 members (excludes halogenated alkanes) is 1. The van der Waals surface area contributed by atoms with Gasteiger partial charge >= 0.3 is 0 Å². The van der Waals surface area contributed by atoms with Gasteiger partial charge in [-0.2, -0.15) is 10.1 Å². The van der Waals surface area contributed by atoms with Crippen molar-refractivity contribution in [1.29, 1.82) is 0 Å². The number of nitrogen functional groups attached to an aromatic ring is 1. The number of hydrogen-bond acceptors (Lipinski definition) is 7. The average Bonchev–Trinajstić information content (AvgIpc) is 3.10. The summed E-state index contributed by atoms with van der Waals surface area (Å²) in [6.45, 7) is 7.18. The summed E-state index contributed by atoms with van der Waals surface area (Å²) < 4.78 is 7.55. The van der Waals surface area contributed by atoms with E-state index < -0.39 is 5.60 Å². The van der Waals surface area contributed by atoms with Gasteiger partial charge in [-0.3, -0.25) is 4.68 Å². The third kappa shape index (κ3) is 6.07. The third-order valence-electron chi connectivity index (χ3n) is 5.25. The predicted molar refractivity (Wildman–Crippen MR) is 124 cm³/mol. The highest BCUT2D eigenvalue weighted by Crippen LogP contribution is 2.26. The maximum atomic E-state index is 9.92. The van der Waals surface area contributed by atoms with Gasteiger partial charge in [-0.1, -0.05) is 25.5 Å². The van der Waals surface area contributed by atoms with Crippen molar-refractivity contribution in [2.75, 3.05) is 24.7 Å². The topological polar surface area (TPSA) is 111 Å². The molecule has 0 aliphatic rings. The molecule has 0 aliphatic heterocycles. The molecule has 8 heteroatoms. The van der Waals surface area contributed by atoms with E-state index in [0.717, 1.165) is 55.5 Å². The van der Waals surface area contributed by atoms with Gasteiger partial charge in [0.2, 0.25) is 5.95 Å². The largest absolute Gasteiger partial charge is 0.496 e. The number of nitrogens with zero attached hydrogens (tertiary/aromatic N) is 4. The Balaban J connectivity index is 1.83. The Morgan fingerprint density at radius 1 is 1.23 bits per heavy atom. The molecule has 0 fully saturated rings. The Morgan fingerprint density at radius 2 is 2.03 bits per heavy atom. The van der Waals surface area contributed by atoms with E-state index in [1.807, 2.05) is 18.5 Å². The number of benzene rings is 1. The maximum Gasteiger partial charge on any atom is 0.222 e. The summed E-state index contributed by atoms with van der Waals surface area (Å²) in [6, 6.07) is 6.26. The van der Waals surface area contributed by atoms with Gasteiger partial charge in [0.1, 0.15) is 16.8 Å². The first-order chi connectivity index (χ1) is 14.8. The van der Waals surface area contributed by atoms with Gasteiger partial charge in [0.15, 0.2) is 5.82 Å². The van der Waals surface area contributed by atoms with Crippen LogP contribution in [0.2, 0.25) is 0 Å². The molecule has 8 nitrogen and oxygen atoms in total. The first-order valence-electron chi connectivity index (χ1n) is 10.9. The molecule has 1 aromatic carbocycles. The van der Waals surface area contributed by atoms with E-state index in [0.29, 0.717) is 17.9 Å². The number of methoxy groups -OCH3 is 1. The summed E-state index contributed by atoms with van der Waals surface area (Å²) in [5.74, 6) is 1.76. The number of aliphatic hydroxyl groups is 1. The number of anilines is 2. The minimum atomic E-state index is -0.639. The number of aromatic nitrogens is 4. The zero-order valence-electron chi connectivity index (χ0n) is 19.0. The van der Waals surface area contributed by atoms with Crippen molar-refractivity contribution < 1.29 is 9.84 Å². The lowest BCUT2D eigenvalue weighted by molar-refractivity contribution is 0.0689. The molecule has 0 spiro atoms. The van der Waals surface area contributed by atoms with Crippen LogP contribution < -0.4 is 15.8 Å². The molecule has 0 bridgehead atoms. The Kier molecular flexibility index (Phi) is 7.33. The highest BCUT2D eigenvalue weighted by Gasteiger charge is 2.15. The van der Waals surface area contributed by atoms with Gasteiger partial charge < -0.3 is 20.9 Å². The summed E-state index contributed by atoms with van der Waals surface area (Å²) in [4.78, 5) is 8.73. The summed E-state index contributed by atoms with van der Waals surface area (Å²) >= 11 is 0. The van der Waals surface area contributed by atoms with Crippen LogP contribution in [-0.2, 0) is 13.0 Å². The SMILES string of the molecule is CCCCNc1nc(N)nc2cnn(Cc3ccc(CCCC(C)(C)O)cc3OC)c12. The molecule has 0 atom stereocenters. The van der Waals surface area contributed by atoms with E-state index in [1.165, 1.54) is 5.56 Å². The van der Waals surface area contributed by atoms with Crippen molar-refractivity contribution in [3.8, 4) is 5.75 Å². The number of nitrogens with two attached hydrogens (primary N) is 1. The number of nitrogens with one attached hydrogen (secondary N) is 1. The molecular weight excluding hydrogens is 392 g/mol. The van der Waals surface area contributed by atoms with Gasteiger partial charge in [0, 0.05) is 12.1 Å². The van der Waals surface area contributed by atoms with Gasteiger partial charge in [-0.25, -0.2) is 4.98 Å². The van der Waals surface area contributed by atoms with Crippen LogP contribution >= 0.6 is 0 Å². The zero-order valence-corrected chi connectivity index (χ0v) is 19.0. The molecule has 0 amide bonds. The van der Waals surface area contributed by atoms with Crippen molar-refractivity contribution in [3.05, 3.63) is 35.5 Å². The molecule has 168 valence electrons. The summed E-state index contributed by atoms with van der Waals surface area (Å²) in [5.41, 5.74) is 9.01. The fraction of sp³-hybridized carbons (Fsp3) is 0.522. The van der Waals surface area contributed by atoms with E-state index in [1.54, 1.807) is 13.3 Å². The molecule has 31 heavy (non-hydrogen) atoms. The molecule has 4 N–H and O–H groups in total. The number of aryl methyl sites for hydroxylation is 1. The molecular formula is C23H34N6O2. The average molecular weight is 427 g/mol. The fourth-order valence-corrected chi connectivity index (χ4v) is 3.61. The first-order valence-corrected chi connectivity index (χ1v) is 10.9. The number of hydrogen-bond donors (Lipinski definition) is 3. The molecule has 0 aliphatic carbocycles. The summed E-state index contributed by atoms with van der Waals surface area (Å²) in [7, 11) is 1.68. The highest BCUT2D eigenvalue weighted by atomic mass is 16.5. The van der Waals surface area contributed by atoms with Crippen LogP contribution in [0, 0.1) is 0 Å². The standard InChI is InChI=1S/C23H34N6O2/c1-5-6-12-25-21-20-18(27-22(24)28-21)14-26-29(20)15-17-10-9-16(13-19(17)31-4)8-7-11-23(2,3)30/h9-10,13-14,30H,5-8,11-12,15H2,1-4H3,(H3,24,25,27,28).